The third-order valence-electron chi connectivity index (χ3n) is 4.11. The number of amides is 2. The standard InChI is InChI=1S/C15H19N3O2/c1-11-4-5-12(9-16-11)10-17-8-6-14(19)18-7-2-3-13(18)15(17)20/h4-5,9,13H,2-3,6-8,10H2,1H3. The van der Waals surface area contributed by atoms with E-state index in [0.29, 0.717) is 19.5 Å². The van der Waals surface area contributed by atoms with Gasteiger partial charge in [0.05, 0.1) is 0 Å². The summed E-state index contributed by atoms with van der Waals surface area (Å²) in [5.41, 5.74) is 1.98. The van der Waals surface area contributed by atoms with Crippen LogP contribution in [0, 0.1) is 6.92 Å². The Morgan fingerprint density at radius 1 is 1.30 bits per heavy atom. The molecule has 106 valence electrons. The summed E-state index contributed by atoms with van der Waals surface area (Å²) < 4.78 is 0. The maximum absolute atomic E-state index is 12.6. The van der Waals surface area contributed by atoms with Gasteiger partial charge in [0.15, 0.2) is 0 Å². The lowest BCUT2D eigenvalue weighted by Crippen LogP contribution is -2.43. The van der Waals surface area contributed by atoms with E-state index in [-0.39, 0.29) is 17.9 Å². The van der Waals surface area contributed by atoms with E-state index in [4.69, 9.17) is 0 Å². The fourth-order valence-electron chi connectivity index (χ4n) is 2.99. The zero-order valence-corrected chi connectivity index (χ0v) is 11.7. The fraction of sp³-hybridized carbons (Fsp3) is 0.533. The second kappa shape index (κ2) is 5.23. The minimum atomic E-state index is -0.233. The molecule has 0 bridgehead atoms. The average Bonchev–Trinajstić information content (AvgIpc) is 2.90. The number of carbonyl (C=O) groups excluding carboxylic acids is 2. The van der Waals surface area contributed by atoms with Gasteiger partial charge < -0.3 is 9.80 Å². The van der Waals surface area contributed by atoms with E-state index >= 15 is 0 Å². The Balaban J connectivity index is 1.77. The molecule has 3 rings (SSSR count). The van der Waals surface area contributed by atoms with Crippen molar-refractivity contribution in [2.45, 2.75) is 38.8 Å². The molecule has 0 saturated carbocycles. The molecule has 2 amide bonds. The molecular weight excluding hydrogens is 254 g/mol. The zero-order valence-electron chi connectivity index (χ0n) is 11.7. The first-order valence-electron chi connectivity index (χ1n) is 7.15. The molecule has 1 aromatic heterocycles. The van der Waals surface area contributed by atoms with Crippen LogP contribution in [0.5, 0.6) is 0 Å². The number of aromatic nitrogens is 1. The molecule has 1 aromatic rings. The molecular formula is C15H19N3O2. The van der Waals surface area contributed by atoms with E-state index in [1.165, 1.54) is 0 Å². The predicted octanol–water partition coefficient (Wildman–Crippen LogP) is 1.11. The second-order valence-corrected chi connectivity index (χ2v) is 5.56. The number of nitrogens with zero attached hydrogens (tertiary/aromatic N) is 3. The summed E-state index contributed by atoms with van der Waals surface area (Å²) in [7, 11) is 0. The minimum absolute atomic E-state index is 0.0916. The monoisotopic (exact) mass is 273 g/mol. The highest BCUT2D eigenvalue weighted by molar-refractivity contribution is 5.90. The number of fused-ring (bicyclic) bond motifs is 1. The van der Waals surface area contributed by atoms with E-state index in [9.17, 15) is 9.59 Å². The van der Waals surface area contributed by atoms with Crippen LogP contribution >= 0.6 is 0 Å². The Labute approximate surface area is 118 Å². The molecule has 2 aliphatic heterocycles. The highest BCUT2D eigenvalue weighted by Gasteiger charge is 2.39. The third-order valence-corrected chi connectivity index (χ3v) is 4.11. The Bertz CT molecular complexity index is 526. The molecule has 5 heteroatoms. The summed E-state index contributed by atoms with van der Waals surface area (Å²) in [4.78, 5) is 32.4. The lowest BCUT2D eigenvalue weighted by Gasteiger charge is -2.25. The molecule has 1 unspecified atom stereocenters. The van der Waals surface area contributed by atoms with Crippen molar-refractivity contribution in [3.05, 3.63) is 29.6 Å². The lowest BCUT2D eigenvalue weighted by atomic mass is 10.2. The van der Waals surface area contributed by atoms with E-state index in [2.05, 4.69) is 4.98 Å². The van der Waals surface area contributed by atoms with E-state index in [0.717, 1.165) is 30.6 Å². The molecule has 0 spiro atoms. The Morgan fingerprint density at radius 2 is 2.15 bits per heavy atom. The number of hydrogen-bond donors (Lipinski definition) is 0. The van der Waals surface area contributed by atoms with Crippen molar-refractivity contribution in [1.82, 2.24) is 14.8 Å². The topological polar surface area (TPSA) is 53.5 Å². The van der Waals surface area contributed by atoms with Crippen LogP contribution in [0.25, 0.3) is 0 Å². The smallest absolute Gasteiger partial charge is 0.245 e. The van der Waals surface area contributed by atoms with Crippen LogP contribution in [0.3, 0.4) is 0 Å². The van der Waals surface area contributed by atoms with Gasteiger partial charge in [-0.1, -0.05) is 6.07 Å². The molecule has 0 aliphatic carbocycles. The van der Waals surface area contributed by atoms with Crippen molar-refractivity contribution >= 4 is 11.8 Å². The third kappa shape index (κ3) is 2.40. The Kier molecular flexibility index (Phi) is 3.42. The molecule has 0 aromatic carbocycles. The molecule has 0 N–H and O–H groups in total. The molecule has 20 heavy (non-hydrogen) atoms. The van der Waals surface area contributed by atoms with E-state index in [1.807, 2.05) is 25.3 Å². The van der Waals surface area contributed by atoms with Gasteiger partial charge in [0.1, 0.15) is 6.04 Å². The van der Waals surface area contributed by atoms with Crippen LogP contribution in [0.1, 0.15) is 30.5 Å². The van der Waals surface area contributed by atoms with Gasteiger partial charge in [0, 0.05) is 37.9 Å². The quantitative estimate of drug-likeness (QED) is 0.811. The van der Waals surface area contributed by atoms with Gasteiger partial charge in [-0.05, 0) is 31.4 Å². The fourth-order valence-corrected chi connectivity index (χ4v) is 2.99. The van der Waals surface area contributed by atoms with E-state index in [1.54, 1.807) is 9.80 Å². The number of aryl methyl sites for hydroxylation is 1. The van der Waals surface area contributed by atoms with Gasteiger partial charge in [-0.25, -0.2) is 0 Å². The first kappa shape index (κ1) is 13.1. The predicted molar refractivity (Wildman–Crippen MR) is 73.7 cm³/mol. The maximum Gasteiger partial charge on any atom is 0.245 e. The van der Waals surface area contributed by atoms with Crippen LogP contribution in [0.4, 0.5) is 0 Å². The Hall–Kier alpha value is -1.91. The first-order valence-corrected chi connectivity index (χ1v) is 7.15. The van der Waals surface area contributed by atoms with Crippen molar-refractivity contribution in [2.75, 3.05) is 13.1 Å². The van der Waals surface area contributed by atoms with E-state index < -0.39 is 0 Å². The summed E-state index contributed by atoms with van der Waals surface area (Å²) >= 11 is 0. The normalized spacial score (nSPS) is 22.9. The maximum atomic E-state index is 12.6. The lowest BCUT2D eigenvalue weighted by molar-refractivity contribution is -0.139. The van der Waals surface area contributed by atoms with Gasteiger partial charge in [-0.2, -0.15) is 0 Å². The average molecular weight is 273 g/mol. The summed E-state index contributed by atoms with van der Waals surface area (Å²) in [5.74, 6) is 0.208. The van der Waals surface area contributed by atoms with Crippen molar-refractivity contribution in [2.24, 2.45) is 0 Å². The minimum Gasteiger partial charge on any atom is -0.336 e. The molecule has 5 nitrogen and oxygen atoms in total. The largest absolute Gasteiger partial charge is 0.336 e. The van der Waals surface area contributed by atoms with Crippen LogP contribution < -0.4 is 0 Å². The van der Waals surface area contributed by atoms with Crippen LogP contribution in [-0.2, 0) is 16.1 Å². The summed E-state index contributed by atoms with van der Waals surface area (Å²) in [6.45, 7) is 3.73. The molecule has 2 aliphatic rings. The molecule has 1 atom stereocenters. The van der Waals surface area contributed by atoms with Gasteiger partial charge in [-0.3, -0.25) is 14.6 Å². The molecule has 3 heterocycles. The van der Waals surface area contributed by atoms with Crippen LogP contribution in [-0.4, -0.2) is 45.7 Å². The van der Waals surface area contributed by atoms with Gasteiger partial charge >= 0.3 is 0 Å². The summed E-state index contributed by atoms with van der Waals surface area (Å²) in [6, 6.07) is 3.71. The van der Waals surface area contributed by atoms with Gasteiger partial charge in [-0.15, -0.1) is 0 Å². The molecule has 2 saturated heterocycles. The van der Waals surface area contributed by atoms with Crippen molar-refractivity contribution in [3.63, 3.8) is 0 Å². The highest BCUT2D eigenvalue weighted by atomic mass is 16.2. The highest BCUT2D eigenvalue weighted by Crippen LogP contribution is 2.24. The Morgan fingerprint density at radius 3 is 2.90 bits per heavy atom. The summed E-state index contributed by atoms with van der Waals surface area (Å²) in [6.07, 6.45) is 3.97. The SMILES string of the molecule is Cc1ccc(CN2CCC(=O)N3CCCC3C2=O)cn1. The van der Waals surface area contributed by atoms with Gasteiger partial charge in [0.25, 0.3) is 0 Å². The summed E-state index contributed by atoms with van der Waals surface area (Å²) in [5, 5.41) is 0. The number of pyridine rings is 1. The van der Waals surface area contributed by atoms with Crippen molar-refractivity contribution in [1.29, 1.82) is 0 Å². The first-order chi connectivity index (χ1) is 9.65. The van der Waals surface area contributed by atoms with Crippen LogP contribution in [0.15, 0.2) is 18.3 Å². The second-order valence-electron chi connectivity index (χ2n) is 5.56. The zero-order chi connectivity index (χ0) is 14.1. The van der Waals surface area contributed by atoms with Crippen molar-refractivity contribution < 1.29 is 9.59 Å². The van der Waals surface area contributed by atoms with Gasteiger partial charge in [0.2, 0.25) is 11.8 Å². The number of carbonyl (C=O) groups is 2. The number of rotatable bonds is 2. The number of hydrogen-bond acceptors (Lipinski definition) is 3. The van der Waals surface area contributed by atoms with Crippen LogP contribution in [0.2, 0.25) is 0 Å². The molecule has 2 fully saturated rings. The molecule has 0 radical (unpaired) electrons. The van der Waals surface area contributed by atoms with Crippen molar-refractivity contribution in [3.8, 4) is 0 Å².